The van der Waals surface area contributed by atoms with Crippen LogP contribution in [0.25, 0.3) is 0 Å². The minimum atomic E-state index is 0.145. The molecule has 1 aromatic carbocycles. The summed E-state index contributed by atoms with van der Waals surface area (Å²) in [6, 6.07) is 5.45. The van der Waals surface area contributed by atoms with E-state index in [0.29, 0.717) is 5.75 Å². The number of aryl methyl sites for hydroxylation is 1. The van der Waals surface area contributed by atoms with Crippen LogP contribution in [0.2, 0.25) is 0 Å². The predicted octanol–water partition coefficient (Wildman–Crippen LogP) is 2.74. The van der Waals surface area contributed by atoms with Crippen molar-refractivity contribution in [1.82, 2.24) is 0 Å². The van der Waals surface area contributed by atoms with Gasteiger partial charge >= 0.3 is 0 Å². The highest BCUT2D eigenvalue weighted by Gasteiger charge is 2.02. The molecule has 2 heteroatoms. The molecular formula is C11H16O2. The molecule has 0 saturated carbocycles. The number of hydrogen-bond acceptors (Lipinski definition) is 2. The molecule has 2 nitrogen and oxygen atoms in total. The third kappa shape index (κ3) is 2.65. The van der Waals surface area contributed by atoms with Crippen LogP contribution < -0.4 is 4.74 Å². The van der Waals surface area contributed by atoms with E-state index in [1.165, 1.54) is 0 Å². The summed E-state index contributed by atoms with van der Waals surface area (Å²) in [5, 5.41) is 9.52. The van der Waals surface area contributed by atoms with Gasteiger partial charge in [0.05, 0.1) is 6.10 Å². The number of hydrogen-bond donors (Lipinski definition) is 1. The van der Waals surface area contributed by atoms with Crippen LogP contribution in [0.5, 0.6) is 11.5 Å². The summed E-state index contributed by atoms with van der Waals surface area (Å²) >= 11 is 0. The minimum absolute atomic E-state index is 0.145. The first-order valence-corrected chi connectivity index (χ1v) is 4.62. The Morgan fingerprint density at radius 3 is 2.54 bits per heavy atom. The molecule has 0 spiro atoms. The maximum Gasteiger partial charge on any atom is 0.123 e. The fourth-order valence-electron chi connectivity index (χ4n) is 1.19. The number of rotatable bonds is 3. The lowest BCUT2D eigenvalue weighted by molar-refractivity contribution is 0.241. The van der Waals surface area contributed by atoms with Crippen molar-refractivity contribution in [3.8, 4) is 11.5 Å². The lowest BCUT2D eigenvalue weighted by Crippen LogP contribution is -2.05. The van der Waals surface area contributed by atoms with Crippen LogP contribution in [0, 0.1) is 0 Å². The van der Waals surface area contributed by atoms with Gasteiger partial charge in [-0.2, -0.15) is 0 Å². The van der Waals surface area contributed by atoms with Crippen molar-refractivity contribution in [3.05, 3.63) is 23.8 Å². The molecule has 0 aromatic heterocycles. The van der Waals surface area contributed by atoms with Crippen molar-refractivity contribution in [3.63, 3.8) is 0 Å². The Morgan fingerprint density at radius 1 is 1.38 bits per heavy atom. The third-order valence-electron chi connectivity index (χ3n) is 1.81. The zero-order chi connectivity index (χ0) is 9.84. The summed E-state index contributed by atoms with van der Waals surface area (Å²) in [5.41, 5.74) is 0.955. The summed E-state index contributed by atoms with van der Waals surface area (Å²) in [7, 11) is 0. The van der Waals surface area contributed by atoms with E-state index in [1.54, 1.807) is 6.07 Å². The van der Waals surface area contributed by atoms with Crippen molar-refractivity contribution in [2.45, 2.75) is 33.3 Å². The number of ether oxygens (including phenoxy) is 1. The first-order chi connectivity index (χ1) is 6.13. The minimum Gasteiger partial charge on any atom is -0.508 e. The van der Waals surface area contributed by atoms with E-state index in [2.05, 4.69) is 0 Å². The van der Waals surface area contributed by atoms with Gasteiger partial charge in [-0.1, -0.05) is 13.0 Å². The van der Waals surface area contributed by atoms with Crippen LogP contribution in [0.3, 0.4) is 0 Å². The van der Waals surface area contributed by atoms with Gasteiger partial charge in [0.1, 0.15) is 11.5 Å². The first-order valence-electron chi connectivity index (χ1n) is 4.62. The van der Waals surface area contributed by atoms with E-state index in [-0.39, 0.29) is 6.10 Å². The smallest absolute Gasteiger partial charge is 0.123 e. The van der Waals surface area contributed by atoms with Crippen LogP contribution in [0.1, 0.15) is 26.3 Å². The molecule has 0 aliphatic carbocycles. The molecule has 0 unspecified atom stereocenters. The van der Waals surface area contributed by atoms with Gasteiger partial charge in [0.25, 0.3) is 0 Å². The molecule has 13 heavy (non-hydrogen) atoms. The molecule has 0 heterocycles. The van der Waals surface area contributed by atoms with E-state index in [0.717, 1.165) is 17.7 Å². The van der Waals surface area contributed by atoms with Gasteiger partial charge < -0.3 is 9.84 Å². The third-order valence-corrected chi connectivity index (χ3v) is 1.81. The van der Waals surface area contributed by atoms with Crippen LogP contribution >= 0.6 is 0 Å². The molecule has 1 N–H and O–H groups in total. The Bertz CT molecular complexity index is 279. The number of phenolic OH excluding ortho intramolecular Hbond substituents is 1. The molecule has 0 bridgehead atoms. The maximum absolute atomic E-state index is 9.52. The van der Waals surface area contributed by atoms with Gasteiger partial charge in [-0.25, -0.2) is 0 Å². The van der Waals surface area contributed by atoms with Crippen LogP contribution in [-0.2, 0) is 6.42 Å². The predicted molar refractivity (Wildman–Crippen MR) is 53.2 cm³/mol. The second-order valence-corrected chi connectivity index (χ2v) is 3.31. The Kier molecular flexibility index (Phi) is 3.18. The lowest BCUT2D eigenvalue weighted by Gasteiger charge is -2.10. The van der Waals surface area contributed by atoms with E-state index in [1.807, 2.05) is 32.9 Å². The molecule has 0 aliphatic rings. The highest BCUT2D eigenvalue weighted by molar-refractivity contribution is 5.39. The zero-order valence-electron chi connectivity index (χ0n) is 8.37. The number of aromatic hydroxyl groups is 1. The average molecular weight is 180 g/mol. The molecule has 0 amide bonds. The monoisotopic (exact) mass is 180 g/mol. The first kappa shape index (κ1) is 9.90. The standard InChI is InChI=1S/C11H16O2/c1-4-9-5-6-10(7-11(9)12)13-8(2)3/h5-8,12H,4H2,1-3H3. The molecule has 1 aromatic rings. The van der Waals surface area contributed by atoms with E-state index >= 15 is 0 Å². The molecule has 72 valence electrons. The second kappa shape index (κ2) is 4.17. The van der Waals surface area contributed by atoms with Crippen LogP contribution in [0.15, 0.2) is 18.2 Å². The molecular weight excluding hydrogens is 164 g/mol. The largest absolute Gasteiger partial charge is 0.508 e. The van der Waals surface area contributed by atoms with Gasteiger partial charge in [0.2, 0.25) is 0 Å². The topological polar surface area (TPSA) is 29.5 Å². The molecule has 0 aliphatic heterocycles. The van der Waals surface area contributed by atoms with Crippen molar-refractivity contribution in [1.29, 1.82) is 0 Å². The van der Waals surface area contributed by atoms with Gasteiger partial charge in [-0.3, -0.25) is 0 Å². The van der Waals surface area contributed by atoms with Crippen molar-refractivity contribution in [2.24, 2.45) is 0 Å². The van der Waals surface area contributed by atoms with Crippen molar-refractivity contribution >= 4 is 0 Å². The summed E-state index contributed by atoms with van der Waals surface area (Å²) in [6.07, 6.45) is 0.986. The van der Waals surface area contributed by atoms with E-state index < -0.39 is 0 Å². The van der Waals surface area contributed by atoms with Crippen LogP contribution in [-0.4, -0.2) is 11.2 Å². The number of benzene rings is 1. The normalized spacial score (nSPS) is 10.5. The fourth-order valence-corrected chi connectivity index (χ4v) is 1.19. The lowest BCUT2D eigenvalue weighted by atomic mass is 10.1. The average Bonchev–Trinajstić information content (AvgIpc) is 2.03. The fraction of sp³-hybridized carbons (Fsp3) is 0.455. The SMILES string of the molecule is CCc1ccc(OC(C)C)cc1O. The van der Waals surface area contributed by atoms with E-state index in [4.69, 9.17) is 4.74 Å². The van der Waals surface area contributed by atoms with Crippen LogP contribution in [0.4, 0.5) is 0 Å². The molecule has 0 saturated heterocycles. The summed E-state index contributed by atoms with van der Waals surface area (Å²) in [4.78, 5) is 0. The quantitative estimate of drug-likeness (QED) is 0.775. The number of phenols is 1. The Labute approximate surface area is 79.2 Å². The maximum atomic E-state index is 9.52. The molecule has 0 fully saturated rings. The van der Waals surface area contributed by atoms with Gasteiger partial charge in [-0.05, 0) is 31.9 Å². The summed E-state index contributed by atoms with van der Waals surface area (Å²) in [5.74, 6) is 1.05. The van der Waals surface area contributed by atoms with Crippen molar-refractivity contribution < 1.29 is 9.84 Å². The molecule has 0 radical (unpaired) electrons. The van der Waals surface area contributed by atoms with Gasteiger partial charge in [0, 0.05) is 6.07 Å². The Hall–Kier alpha value is -1.18. The molecule has 0 atom stereocenters. The zero-order valence-corrected chi connectivity index (χ0v) is 8.37. The molecule has 1 rings (SSSR count). The van der Waals surface area contributed by atoms with Gasteiger partial charge in [0.15, 0.2) is 0 Å². The Balaban J connectivity index is 2.83. The second-order valence-electron chi connectivity index (χ2n) is 3.31. The Morgan fingerprint density at radius 2 is 2.08 bits per heavy atom. The summed E-state index contributed by atoms with van der Waals surface area (Å²) in [6.45, 7) is 5.94. The van der Waals surface area contributed by atoms with Gasteiger partial charge in [-0.15, -0.1) is 0 Å². The highest BCUT2D eigenvalue weighted by Crippen LogP contribution is 2.24. The highest BCUT2D eigenvalue weighted by atomic mass is 16.5. The van der Waals surface area contributed by atoms with E-state index in [9.17, 15) is 5.11 Å². The van der Waals surface area contributed by atoms with Crippen molar-refractivity contribution in [2.75, 3.05) is 0 Å². The summed E-state index contributed by atoms with van der Waals surface area (Å²) < 4.78 is 5.43.